The molecule has 0 aliphatic heterocycles. The number of aromatic amines is 1. The van der Waals surface area contributed by atoms with Crippen molar-refractivity contribution in [3.05, 3.63) is 46.3 Å². The van der Waals surface area contributed by atoms with Crippen molar-refractivity contribution in [1.29, 1.82) is 0 Å². The number of benzene rings is 1. The summed E-state index contributed by atoms with van der Waals surface area (Å²) >= 11 is 9.41. The number of nitrogens with one attached hydrogen (secondary N) is 1. The summed E-state index contributed by atoms with van der Waals surface area (Å²) in [7, 11) is 0. The van der Waals surface area contributed by atoms with Gasteiger partial charge in [0, 0.05) is 4.47 Å². The molecule has 0 amide bonds. The lowest BCUT2D eigenvalue weighted by Crippen LogP contribution is -1.88. The molecule has 0 bridgehead atoms. The van der Waals surface area contributed by atoms with Crippen molar-refractivity contribution in [2.24, 2.45) is 0 Å². The molecule has 0 atom stereocenters. The van der Waals surface area contributed by atoms with Crippen LogP contribution in [0, 0.1) is 0 Å². The summed E-state index contributed by atoms with van der Waals surface area (Å²) in [5, 5.41) is 7.26. The predicted molar refractivity (Wildman–Crippen MR) is 78.8 cm³/mol. The molecule has 2 heterocycles. The summed E-state index contributed by atoms with van der Waals surface area (Å²) in [4.78, 5) is 0. The second kappa shape index (κ2) is 4.75. The van der Waals surface area contributed by atoms with Gasteiger partial charge in [-0.05, 0) is 35.4 Å². The summed E-state index contributed by atoms with van der Waals surface area (Å²) in [6, 6.07) is 9.59. The van der Waals surface area contributed by atoms with E-state index in [1.807, 2.05) is 24.3 Å². The standard InChI is InChI=1S/C13H9BrClN3O/c14-8-3-1-7(2-4-8)10-11(17-18-13(10)16)9-5-6-19-12(9)15/h1-6H,(H3,16,17,18). The summed E-state index contributed by atoms with van der Waals surface area (Å²) in [6.07, 6.45) is 1.53. The first-order valence-electron chi connectivity index (χ1n) is 5.50. The maximum absolute atomic E-state index is 6.01. The molecule has 1 aromatic carbocycles. The van der Waals surface area contributed by atoms with Crippen molar-refractivity contribution in [1.82, 2.24) is 10.2 Å². The molecule has 0 saturated carbocycles. The third kappa shape index (κ3) is 2.15. The number of nitrogens with two attached hydrogens (primary N) is 1. The number of halogens is 2. The molecule has 3 aromatic rings. The molecular formula is C13H9BrClN3O. The van der Waals surface area contributed by atoms with Crippen molar-refractivity contribution in [2.45, 2.75) is 0 Å². The van der Waals surface area contributed by atoms with Gasteiger partial charge >= 0.3 is 0 Å². The number of hydrogen-bond acceptors (Lipinski definition) is 3. The van der Waals surface area contributed by atoms with Crippen molar-refractivity contribution in [3.8, 4) is 22.4 Å². The Labute approximate surface area is 122 Å². The molecule has 0 fully saturated rings. The zero-order valence-electron chi connectivity index (χ0n) is 9.65. The van der Waals surface area contributed by atoms with Gasteiger partial charge in [0.1, 0.15) is 0 Å². The zero-order valence-corrected chi connectivity index (χ0v) is 12.0. The smallest absolute Gasteiger partial charge is 0.202 e. The van der Waals surface area contributed by atoms with Crippen molar-refractivity contribution in [3.63, 3.8) is 0 Å². The van der Waals surface area contributed by atoms with Crippen molar-refractivity contribution in [2.75, 3.05) is 5.73 Å². The SMILES string of the molecule is Nc1n[nH]c(-c2ccoc2Cl)c1-c1ccc(Br)cc1. The third-order valence-corrected chi connectivity index (χ3v) is 3.64. The molecule has 0 aliphatic carbocycles. The van der Waals surface area contributed by atoms with Crippen LogP contribution in [0.3, 0.4) is 0 Å². The van der Waals surface area contributed by atoms with Crippen LogP contribution in [0.15, 0.2) is 45.5 Å². The average molecular weight is 339 g/mol. The van der Waals surface area contributed by atoms with E-state index in [0.29, 0.717) is 11.0 Å². The zero-order chi connectivity index (χ0) is 13.4. The van der Waals surface area contributed by atoms with Gasteiger partial charge in [-0.1, -0.05) is 28.1 Å². The Hall–Kier alpha value is -1.72. The van der Waals surface area contributed by atoms with Crippen LogP contribution in [-0.2, 0) is 0 Å². The second-order valence-corrected chi connectivity index (χ2v) is 5.23. The van der Waals surface area contributed by atoms with Crippen molar-refractivity contribution < 1.29 is 4.42 Å². The fourth-order valence-corrected chi connectivity index (χ4v) is 2.41. The molecule has 0 aliphatic rings. The van der Waals surface area contributed by atoms with Crippen LogP contribution < -0.4 is 5.73 Å². The molecule has 3 rings (SSSR count). The minimum Gasteiger partial charge on any atom is -0.452 e. The number of nitrogen functional groups attached to an aromatic ring is 1. The van der Waals surface area contributed by atoms with Gasteiger partial charge in [0.15, 0.2) is 5.82 Å². The van der Waals surface area contributed by atoms with Crippen LogP contribution in [0.5, 0.6) is 0 Å². The van der Waals surface area contributed by atoms with Gasteiger partial charge in [0.2, 0.25) is 5.22 Å². The minimum atomic E-state index is 0.307. The van der Waals surface area contributed by atoms with E-state index in [9.17, 15) is 0 Å². The lowest BCUT2D eigenvalue weighted by Gasteiger charge is -2.03. The van der Waals surface area contributed by atoms with Gasteiger partial charge in [-0.25, -0.2) is 0 Å². The van der Waals surface area contributed by atoms with Gasteiger partial charge < -0.3 is 10.2 Å². The largest absolute Gasteiger partial charge is 0.452 e. The van der Waals surface area contributed by atoms with E-state index in [2.05, 4.69) is 26.1 Å². The van der Waals surface area contributed by atoms with E-state index in [-0.39, 0.29) is 0 Å². The molecular weight excluding hydrogens is 330 g/mol. The number of nitrogens with zero attached hydrogens (tertiary/aromatic N) is 1. The van der Waals surface area contributed by atoms with Crippen molar-refractivity contribution >= 4 is 33.3 Å². The summed E-state index contributed by atoms with van der Waals surface area (Å²) < 4.78 is 6.11. The molecule has 0 saturated heterocycles. The van der Waals surface area contributed by atoms with E-state index >= 15 is 0 Å². The molecule has 19 heavy (non-hydrogen) atoms. The maximum Gasteiger partial charge on any atom is 0.202 e. The Morgan fingerprint density at radius 1 is 1.21 bits per heavy atom. The highest BCUT2D eigenvalue weighted by atomic mass is 79.9. The molecule has 0 unspecified atom stereocenters. The predicted octanol–water partition coefficient (Wildman–Crippen LogP) is 4.33. The van der Waals surface area contributed by atoms with Gasteiger partial charge in [0.05, 0.1) is 23.1 Å². The molecule has 0 radical (unpaired) electrons. The summed E-state index contributed by atoms with van der Waals surface area (Å²) in [5.41, 5.74) is 9.20. The Balaban J connectivity index is 2.19. The topological polar surface area (TPSA) is 67.8 Å². The Kier molecular flexibility index (Phi) is 3.08. The number of furan rings is 1. The van der Waals surface area contributed by atoms with Gasteiger partial charge in [-0.15, -0.1) is 0 Å². The fourth-order valence-electron chi connectivity index (χ4n) is 1.93. The highest BCUT2D eigenvalue weighted by molar-refractivity contribution is 9.10. The number of aromatic nitrogens is 2. The summed E-state index contributed by atoms with van der Waals surface area (Å²) in [5.74, 6) is 0.426. The van der Waals surface area contributed by atoms with Gasteiger partial charge in [-0.3, -0.25) is 5.10 Å². The van der Waals surface area contributed by atoms with Crippen LogP contribution in [0.1, 0.15) is 0 Å². The lowest BCUT2D eigenvalue weighted by atomic mass is 10.0. The van der Waals surface area contributed by atoms with Crippen LogP contribution >= 0.6 is 27.5 Å². The van der Waals surface area contributed by atoms with Crippen LogP contribution in [0.25, 0.3) is 22.4 Å². The van der Waals surface area contributed by atoms with E-state index in [0.717, 1.165) is 26.9 Å². The van der Waals surface area contributed by atoms with Gasteiger partial charge in [0.25, 0.3) is 0 Å². The fraction of sp³-hybridized carbons (Fsp3) is 0. The Morgan fingerprint density at radius 2 is 1.95 bits per heavy atom. The number of anilines is 1. The average Bonchev–Trinajstić information content (AvgIpc) is 2.97. The third-order valence-electron chi connectivity index (χ3n) is 2.81. The molecule has 2 aromatic heterocycles. The number of rotatable bonds is 2. The first-order chi connectivity index (χ1) is 9.16. The van der Waals surface area contributed by atoms with E-state index in [1.165, 1.54) is 6.26 Å². The highest BCUT2D eigenvalue weighted by Crippen LogP contribution is 2.38. The van der Waals surface area contributed by atoms with E-state index in [4.69, 9.17) is 21.8 Å². The molecule has 6 heteroatoms. The number of H-pyrrole nitrogens is 1. The van der Waals surface area contributed by atoms with Crippen LogP contribution in [0.4, 0.5) is 5.82 Å². The monoisotopic (exact) mass is 337 g/mol. The molecule has 4 nitrogen and oxygen atoms in total. The van der Waals surface area contributed by atoms with E-state index in [1.54, 1.807) is 6.07 Å². The molecule has 3 N–H and O–H groups in total. The van der Waals surface area contributed by atoms with Gasteiger partial charge in [-0.2, -0.15) is 5.10 Å². The number of hydrogen-bond donors (Lipinski definition) is 2. The highest BCUT2D eigenvalue weighted by Gasteiger charge is 2.18. The minimum absolute atomic E-state index is 0.307. The maximum atomic E-state index is 6.01. The lowest BCUT2D eigenvalue weighted by molar-refractivity contribution is 0.570. The van der Waals surface area contributed by atoms with E-state index < -0.39 is 0 Å². The quantitative estimate of drug-likeness (QED) is 0.730. The molecule has 0 spiro atoms. The van der Waals surface area contributed by atoms with Crippen LogP contribution in [-0.4, -0.2) is 10.2 Å². The first kappa shape index (κ1) is 12.3. The Bertz CT molecular complexity index is 718. The second-order valence-electron chi connectivity index (χ2n) is 3.97. The summed E-state index contributed by atoms with van der Waals surface area (Å²) in [6.45, 7) is 0. The normalized spacial score (nSPS) is 10.8. The molecule has 96 valence electrons. The van der Waals surface area contributed by atoms with Crippen LogP contribution in [0.2, 0.25) is 5.22 Å². The first-order valence-corrected chi connectivity index (χ1v) is 6.67. The Morgan fingerprint density at radius 3 is 2.58 bits per heavy atom.